The zero-order valence-electron chi connectivity index (χ0n) is 12.6. The van der Waals surface area contributed by atoms with Crippen LogP contribution in [0.4, 0.5) is 9.18 Å². The molecular weight excluding hydrogens is 399 g/mol. The molecule has 1 saturated heterocycles. The Kier molecular flexibility index (Phi) is 4.36. The first-order valence-electron chi connectivity index (χ1n) is 7.15. The lowest BCUT2D eigenvalue weighted by Crippen LogP contribution is -2.40. The average Bonchev–Trinajstić information content (AvgIpc) is 2.74. The summed E-state index contributed by atoms with van der Waals surface area (Å²) in [4.78, 5) is 26.2. The third-order valence-corrected chi connectivity index (χ3v) is 5.03. The summed E-state index contributed by atoms with van der Waals surface area (Å²) in [5.41, 5.74) is 0.125. The van der Waals surface area contributed by atoms with E-state index in [4.69, 9.17) is 11.6 Å². The number of halogens is 3. The number of carbonyl (C=O) groups is 2. The van der Waals surface area contributed by atoms with Gasteiger partial charge in [0.1, 0.15) is 11.4 Å². The van der Waals surface area contributed by atoms with E-state index in [0.29, 0.717) is 20.6 Å². The Bertz CT molecular complexity index is 828. The summed E-state index contributed by atoms with van der Waals surface area (Å²) in [6.07, 6.45) is 0. The smallest absolute Gasteiger partial charge is 0.319 e. The summed E-state index contributed by atoms with van der Waals surface area (Å²) in [5, 5.41) is 3.27. The molecule has 2 aromatic carbocycles. The summed E-state index contributed by atoms with van der Waals surface area (Å²) < 4.78 is 13.7. The fourth-order valence-electron chi connectivity index (χ4n) is 2.64. The normalized spacial score (nSPS) is 20.4. The lowest BCUT2D eigenvalue weighted by atomic mass is 9.92. The van der Waals surface area contributed by atoms with E-state index in [1.54, 1.807) is 31.2 Å². The van der Waals surface area contributed by atoms with Gasteiger partial charge in [-0.2, -0.15) is 0 Å². The van der Waals surface area contributed by atoms with Crippen LogP contribution in [-0.2, 0) is 16.9 Å². The number of carbonyl (C=O) groups excluding carboxylic acids is 2. The summed E-state index contributed by atoms with van der Waals surface area (Å²) in [5.74, 6) is -0.764. The predicted octanol–water partition coefficient (Wildman–Crippen LogP) is 4.21. The first kappa shape index (κ1) is 16.9. The van der Waals surface area contributed by atoms with Gasteiger partial charge in [-0.05, 0) is 42.3 Å². The highest BCUT2D eigenvalue weighted by atomic mass is 79.9. The van der Waals surface area contributed by atoms with Crippen LogP contribution in [0.25, 0.3) is 0 Å². The SMILES string of the molecule is CC1(c2ccc(Cl)cc2)NC(=O)N(Cc2ccc(F)cc2Br)C1=O. The van der Waals surface area contributed by atoms with Crippen molar-refractivity contribution < 1.29 is 14.0 Å². The van der Waals surface area contributed by atoms with Crippen LogP contribution in [0.15, 0.2) is 46.9 Å². The Labute approximate surface area is 151 Å². The number of hydrogen-bond acceptors (Lipinski definition) is 2. The van der Waals surface area contributed by atoms with E-state index in [0.717, 1.165) is 4.90 Å². The van der Waals surface area contributed by atoms with Crippen molar-refractivity contribution in [3.63, 3.8) is 0 Å². The van der Waals surface area contributed by atoms with Gasteiger partial charge in [0.15, 0.2) is 0 Å². The van der Waals surface area contributed by atoms with Crippen molar-refractivity contribution >= 4 is 39.5 Å². The lowest BCUT2D eigenvalue weighted by Gasteiger charge is -2.22. The van der Waals surface area contributed by atoms with Gasteiger partial charge in [0.05, 0.1) is 6.54 Å². The average molecular weight is 412 g/mol. The van der Waals surface area contributed by atoms with E-state index in [1.807, 2.05) is 0 Å². The predicted molar refractivity (Wildman–Crippen MR) is 92.0 cm³/mol. The fraction of sp³-hybridized carbons (Fsp3) is 0.176. The molecule has 0 bridgehead atoms. The number of urea groups is 1. The molecule has 0 spiro atoms. The molecule has 1 fully saturated rings. The maximum absolute atomic E-state index is 13.2. The second kappa shape index (κ2) is 6.18. The lowest BCUT2D eigenvalue weighted by molar-refractivity contribution is -0.131. The fourth-order valence-corrected chi connectivity index (χ4v) is 3.24. The molecule has 1 N–H and O–H groups in total. The molecule has 124 valence electrons. The minimum Gasteiger partial charge on any atom is -0.319 e. The Hall–Kier alpha value is -1.92. The van der Waals surface area contributed by atoms with E-state index >= 15 is 0 Å². The van der Waals surface area contributed by atoms with Crippen LogP contribution < -0.4 is 5.32 Å². The van der Waals surface area contributed by atoms with Crippen molar-refractivity contribution in [1.82, 2.24) is 10.2 Å². The standard InChI is InChI=1S/C17H13BrClFN2O2/c1-17(11-3-5-12(19)6-4-11)15(23)22(16(24)21-17)9-10-2-7-13(20)8-14(10)18/h2-8H,9H2,1H3,(H,21,24). The largest absolute Gasteiger partial charge is 0.325 e. The van der Waals surface area contributed by atoms with Gasteiger partial charge in [-0.1, -0.05) is 45.7 Å². The van der Waals surface area contributed by atoms with E-state index in [-0.39, 0.29) is 12.5 Å². The molecule has 4 nitrogen and oxygen atoms in total. The number of amides is 3. The molecule has 1 heterocycles. The van der Waals surface area contributed by atoms with Gasteiger partial charge in [-0.25, -0.2) is 9.18 Å². The van der Waals surface area contributed by atoms with Crippen LogP contribution in [0.1, 0.15) is 18.1 Å². The molecule has 7 heteroatoms. The third-order valence-electron chi connectivity index (χ3n) is 4.04. The van der Waals surface area contributed by atoms with Gasteiger partial charge in [0.2, 0.25) is 0 Å². The topological polar surface area (TPSA) is 49.4 Å². The molecule has 1 unspecified atom stereocenters. The van der Waals surface area contributed by atoms with Gasteiger partial charge in [0.25, 0.3) is 5.91 Å². The van der Waals surface area contributed by atoms with Crippen LogP contribution in [0.5, 0.6) is 0 Å². The van der Waals surface area contributed by atoms with Gasteiger partial charge < -0.3 is 5.32 Å². The van der Waals surface area contributed by atoms with Crippen LogP contribution >= 0.6 is 27.5 Å². The first-order chi connectivity index (χ1) is 11.3. The molecule has 0 radical (unpaired) electrons. The highest BCUT2D eigenvalue weighted by Gasteiger charge is 2.48. The monoisotopic (exact) mass is 410 g/mol. The minimum absolute atomic E-state index is 0.0503. The summed E-state index contributed by atoms with van der Waals surface area (Å²) in [7, 11) is 0. The Morgan fingerprint density at radius 1 is 1.21 bits per heavy atom. The quantitative estimate of drug-likeness (QED) is 0.769. The zero-order valence-corrected chi connectivity index (χ0v) is 15.0. The summed E-state index contributed by atoms with van der Waals surface area (Å²) in [6.45, 7) is 1.70. The van der Waals surface area contributed by atoms with E-state index in [1.165, 1.54) is 18.2 Å². The number of nitrogens with zero attached hydrogens (tertiary/aromatic N) is 1. The summed E-state index contributed by atoms with van der Waals surface area (Å²) >= 11 is 9.13. The number of hydrogen-bond donors (Lipinski definition) is 1. The first-order valence-corrected chi connectivity index (χ1v) is 8.32. The van der Waals surface area contributed by atoms with Crippen LogP contribution in [0, 0.1) is 5.82 Å². The molecule has 1 aliphatic heterocycles. The maximum Gasteiger partial charge on any atom is 0.325 e. The van der Waals surface area contributed by atoms with Gasteiger partial charge in [-0.15, -0.1) is 0 Å². The number of benzene rings is 2. The van der Waals surface area contributed by atoms with Crippen molar-refractivity contribution in [3.8, 4) is 0 Å². The minimum atomic E-state index is -1.16. The van der Waals surface area contributed by atoms with E-state index in [9.17, 15) is 14.0 Å². The van der Waals surface area contributed by atoms with Crippen molar-refractivity contribution in [3.05, 3.63) is 68.9 Å². The van der Waals surface area contributed by atoms with Crippen molar-refractivity contribution in [2.24, 2.45) is 0 Å². The van der Waals surface area contributed by atoms with Crippen LogP contribution in [0.3, 0.4) is 0 Å². The highest BCUT2D eigenvalue weighted by Crippen LogP contribution is 2.31. The molecule has 3 amide bonds. The van der Waals surface area contributed by atoms with Crippen molar-refractivity contribution in [2.75, 3.05) is 0 Å². The molecule has 0 aromatic heterocycles. The molecule has 0 saturated carbocycles. The summed E-state index contributed by atoms with van der Waals surface area (Å²) in [6, 6.07) is 10.4. The molecule has 2 aromatic rings. The van der Waals surface area contributed by atoms with Crippen LogP contribution in [-0.4, -0.2) is 16.8 Å². The Morgan fingerprint density at radius 2 is 1.88 bits per heavy atom. The van der Waals surface area contributed by atoms with Crippen LogP contribution in [0.2, 0.25) is 5.02 Å². The molecule has 0 aliphatic carbocycles. The Morgan fingerprint density at radius 3 is 2.50 bits per heavy atom. The van der Waals surface area contributed by atoms with E-state index in [2.05, 4.69) is 21.2 Å². The van der Waals surface area contributed by atoms with Gasteiger partial charge in [0, 0.05) is 9.50 Å². The van der Waals surface area contributed by atoms with Gasteiger partial charge >= 0.3 is 6.03 Å². The number of nitrogens with one attached hydrogen (secondary N) is 1. The van der Waals surface area contributed by atoms with Crippen molar-refractivity contribution in [1.29, 1.82) is 0 Å². The second-order valence-electron chi connectivity index (χ2n) is 5.69. The van der Waals surface area contributed by atoms with E-state index < -0.39 is 17.4 Å². The maximum atomic E-state index is 13.2. The highest BCUT2D eigenvalue weighted by molar-refractivity contribution is 9.10. The third kappa shape index (κ3) is 2.91. The molecule has 1 aliphatic rings. The second-order valence-corrected chi connectivity index (χ2v) is 6.98. The molecule has 3 rings (SSSR count). The van der Waals surface area contributed by atoms with Gasteiger partial charge in [-0.3, -0.25) is 9.69 Å². The molecule has 1 atom stereocenters. The molecular formula is C17H13BrClFN2O2. The zero-order chi connectivity index (χ0) is 17.5. The number of imide groups is 1. The number of rotatable bonds is 3. The molecule has 24 heavy (non-hydrogen) atoms. The Balaban J connectivity index is 1.90. The van der Waals surface area contributed by atoms with Crippen molar-refractivity contribution in [2.45, 2.75) is 19.0 Å².